The van der Waals surface area contributed by atoms with E-state index in [4.69, 9.17) is 4.74 Å². The number of hydrogen-bond acceptors (Lipinski definition) is 3. The molecule has 1 aliphatic carbocycles. The zero-order valence-corrected chi connectivity index (χ0v) is 14.0. The van der Waals surface area contributed by atoms with Crippen LogP contribution >= 0.6 is 0 Å². The Morgan fingerprint density at radius 1 is 1.22 bits per heavy atom. The summed E-state index contributed by atoms with van der Waals surface area (Å²) in [6.07, 6.45) is 5.67. The van der Waals surface area contributed by atoms with E-state index in [1.807, 2.05) is 30.3 Å². The number of anilines is 1. The minimum absolute atomic E-state index is 0.251. The number of allylic oxidation sites excluding steroid dienone is 2. The maximum Gasteiger partial charge on any atom is 0.307 e. The topological polar surface area (TPSA) is 55.4 Å². The maximum atomic E-state index is 12.1. The molecule has 4 heteroatoms. The van der Waals surface area contributed by atoms with Gasteiger partial charge >= 0.3 is 5.97 Å². The lowest BCUT2D eigenvalue weighted by Gasteiger charge is -2.15. The molecule has 23 heavy (non-hydrogen) atoms. The molecule has 0 aliphatic heterocycles. The van der Waals surface area contributed by atoms with Crippen molar-refractivity contribution in [1.29, 1.82) is 0 Å². The van der Waals surface area contributed by atoms with Gasteiger partial charge in [-0.05, 0) is 49.3 Å². The van der Waals surface area contributed by atoms with Crippen molar-refractivity contribution in [3.63, 3.8) is 0 Å². The van der Waals surface area contributed by atoms with Crippen LogP contribution in [0, 0.1) is 5.92 Å². The van der Waals surface area contributed by atoms with Crippen LogP contribution in [0.5, 0.6) is 0 Å². The summed E-state index contributed by atoms with van der Waals surface area (Å²) in [7, 11) is 0. The number of esters is 1. The number of ether oxygens (including phenoxy) is 1. The van der Waals surface area contributed by atoms with Crippen LogP contribution in [-0.4, -0.2) is 18.0 Å². The van der Waals surface area contributed by atoms with Gasteiger partial charge in [-0.25, -0.2) is 0 Å². The number of amides is 1. The fraction of sp³-hybridized carbons (Fsp3) is 0.474. The van der Waals surface area contributed by atoms with Gasteiger partial charge in [0.15, 0.2) is 6.10 Å². The van der Waals surface area contributed by atoms with E-state index in [1.165, 1.54) is 5.56 Å². The molecule has 0 saturated heterocycles. The predicted molar refractivity (Wildman–Crippen MR) is 91.2 cm³/mol. The van der Waals surface area contributed by atoms with Crippen molar-refractivity contribution in [3.05, 3.63) is 42.0 Å². The second kappa shape index (κ2) is 7.95. The average molecular weight is 315 g/mol. The van der Waals surface area contributed by atoms with Crippen molar-refractivity contribution < 1.29 is 14.3 Å². The van der Waals surface area contributed by atoms with Gasteiger partial charge in [0.2, 0.25) is 0 Å². The number of nitrogens with one attached hydrogen (secondary N) is 1. The smallest absolute Gasteiger partial charge is 0.307 e. The first-order valence-electron chi connectivity index (χ1n) is 8.22. The van der Waals surface area contributed by atoms with Crippen molar-refractivity contribution in [2.75, 3.05) is 5.32 Å². The highest BCUT2D eigenvalue weighted by atomic mass is 16.5. The van der Waals surface area contributed by atoms with E-state index < -0.39 is 6.10 Å². The van der Waals surface area contributed by atoms with Gasteiger partial charge in [-0.2, -0.15) is 0 Å². The van der Waals surface area contributed by atoms with E-state index in [0.717, 1.165) is 12.8 Å². The molecule has 1 aromatic rings. The fourth-order valence-electron chi connectivity index (χ4n) is 2.57. The summed E-state index contributed by atoms with van der Waals surface area (Å²) in [6.45, 7) is 5.84. The number of benzene rings is 1. The van der Waals surface area contributed by atoms with Crippen molar-refractivity contribution in [2.45, 2.75) is 52.1 Å². The molecule has 2 atom stereocenters. The molecule has 1 aliphatic rings. The van der Waals surface area contributed by atoms with Crippen LogP contribution < -0.4 is 5.32 Å². The molecule has 2 rings (SSSR count). The highest BCUT2D eigenvalue weighted by Gasteiger charge is 2.21. The van der Waals surface area contributed by atoms with E-state index >= 15 is 0 Å². The van der Waals surface area contributed by atoms with Crippen molar-refractivity contribution in [3.8, 4) is 0 Å². The second-order valence-electron chi connectivity index (χ2n) is 6.37. The first-order chi connectivity index (χ1) is 11.0. The Morgan fingerprint density at radius 3 is 2.48 bits per heavy atom. The molecule has 4 nitrogen and oxygen atoms in total. The van der Waals surface area contributed by atoms with E-state index in [0.29, 0.717) is 18.0 Å². The lowest BCUT2D eigenvalue weighted by Crippen LogP contribution is -2.30. The fourth-order valence-corrected chi connectivity index (χ4v) is 2.57. The highest BCUT2D eigenvalue weighted by molar-refractivity contribution is 5.95. The van der Waals surface area contributed by atoms with E-state index in [9.17, 15) is 9.59 Å². The minimum atomic E-state index is -0.794. The van der Waals surface area contributed by atoms with Crippen LogP contribution in [0.1, 0.15) is 51.5 Å². The summed E-state index contributed by atoms with van der Waals surface area (Å²) in [5.41, 5.74) is 1.92. The Balaban J connectivity index is 1.81. The Hall–Kier alpha value is -2.10. The first-order valence-corrected chi connectivity index (χ1v) is 8.22. The van der Waals surface area contributed by atoms with Gasteiger partial charge in [0.05, 0.1) is 6.42 Å². The molecular weight excluding hydrogens is 290 g/mol. The van der Waals surface area contributed by atoms with Crippen LogP contribution in [0.2, 0.25) is 0 Å². The molecule has 0 aromatic heterocycles. The Kier molecular flexibility index (Phi) is 5.97. The SMILES string of the molecule is CC(C)c1ccc(NC(=O)[C@H](C)OC(=O)C[C@@H]2C=CCC2)cc1. The van der Waals surface area contributed by atoms with Gasteiger partial charge in [0.25, 0.3) is 5.91 Å². The Labute approximate surface area is 137 Å². The van der Waals surface area contributed by atoms with Crippen LogP contribution in [0.4, 0.5) is 5.69 Å². The van der Waals surface area contributed by atoms with Gasteiger partial charge in [-0.3, -0.25) is 9.59 Å². The van der Waals surface area contributed by atoms with E-state index in [2.05, 4.69) is 25.2 Å². The largest absolute Gasteiger partial charge is 0.453 e. The normalized spacial score (nSPS) is 18.0. The Bertz CT molecular complexity index is 575. The molecule has 1 aromatic carbocycles. The minimum Gasteiger partial charge on any atom is -0.453 e. The average Bonchev–Trinajstić information content (AvgIpc) is 3.00. The predicted octanol–water partition coefficient (Wildman–Crippen LogP) is 4.04. The summed E-state index contributed by atoms with van der Waals surface area (Å²) in [4.78, 5) is 24.0. The lowest BCUT2D eigenvalue weighted by molar-refractivity contribution is -0.153. The van der Waals surface area contributed by atoms with Gasteiger partial charge in [0.1, 0.15) is 0 Å². The molecule has 0 saturated carbocycles. The zero-order chi connectivity index (χ0) is 16.8. The number of hydrogen-bond donors (Lipinski definition) is 1. The summed E-state index contributed by atoms with van der Waals surface area (Å²) >= 11 is 0. The number of rotatable bonds is 6. The molecule has 0 fully saturated rings. The van der Waals surface area contributed by atoms with Crippen LogP contribution in [-0.2, 0) is 14.3 Å². The summed E-state index contributed by atoms with van der Waals surface area (Å²) < 4.78 is 5.22. The third-order valence-electron chi connectivity index (χ3n) is 4.06. The van der Waals surface area contributed by atoms with Crippen molar-refractivity contribution in [1.82, 2.24) is 0 Å². The summed E-state index contributed by atoms with van der Waals surface area (Å²) in [6, 6.07) is 7.71. The van der Waals surface area contributed by atoms with Gasteiger partial charge in [0, 0.05) is 5.69 Å². The second-order valence-corrected chi connectivity index (χ2v) is 6.37. The van der Waals surface area contributed by atoms with E-state index in [1.54, 1.807) is 6.92 Å². The van der Waals surface area contributed by atoms with Gasteiger partial charge in [-0.15, -0.1) is 0 Å². The van der Waals surface area contributed by atoms with Crippen molar-refractivity contribution in [2.24, 2.45) is 5.92 Å². The van der Waals surface area contributed by atoms with Gasteiger partial charge in [-0.1, -0.05) is 38.1 Å². The molecule has 124 valence electrons. The van der Waals surface area contributed by atoms with Crippen LogP contribution in [0.3, 0.4) is 0 Å². The third-order valence-corrected chi connectivity index (χ3v) is 4.06. The van der Waals surface area contributed by atoms with Gasteiger partial charge < -0.3 is 10.1 Å². The monoisotopic (exact) mass is 315 g/mol. The zero-order valence-electron chi connectivity index (χ0n) is 14.0. The molecule has 0 unspecified atom stereocenters. The number of carbonyl (C=O) groups excluding carboxylic acids is 2. The molecule has 0 heterocycles. The lowest BCUT2D eigenvalue weighted by atomic mass is 10.0. The van der Waals surface area contributed by atoms with E-state index in [-0.39, 0.29) is 17.8 Å². The molecule has 0 spiro atoms. The number of carbonyl (C=O) groups is 2. The quantitative estimate of drug-likeness (QED) is 0.637. The standard InChI is InChI=1S/C19H25NO3/c1-13(2)16-8-10-17(11-9-16)20-19(22)14(3)23-18(21)12-15-6-4-5-7-15/h4,6,8-11,13-15H,5,7,12H2,1-3H3,(H,20,22)/t14-,15+/m0/s1. The first kappa shape index (κ1) is 17.3. The molecule has 1 N–H and O–H groups in total. The molecular formula is C19H25NO3. The maximum absolute atomic E-state index is 12.1. The Morgan fingerprint density at radius 2 is 1.91 bits per heavy atom. The van der Waals surface area contributed by atoms with Crippen LogP contribution in [0.25, 0.3) is 0 Å². The highest BCUT2D eigenvalue weighted by Crippen LogP contribution is 2.21. The third kappa shape index (κ3) is 5.23. The van der Waals surface area contributed by atoms with Crippen molar-refractivity contribution >= 4 is 17.6 Å². The molecule has 1 amide bonds. The summed E-state index contributed by atoms with van der Waals surface area (Å²) in [5.74, 6) is 0.0718. The van der Waals surface area contributed by atoms with Crippen LogP contribution in [0.15, 0.2) is 36.4 Å². The molecule has 0 bridgehead atoms. The summed E-state index contributed by atoms with van der Waals surface area (Å²) in [5, 5.41) is 2.78. The molecule has 0 radical (unpaired) electrons.